The molecule has 1 aromatic carbocycles. The molecule has 0 radical (unpaired) electrons. The van der Waals surface area contributed by atoms with E-state index in [1.807, 2.05) is 0 Å². The van der Waals surface area contributed by atoms with Crippen LogP contribution in [0, 0.1) is 5.82 Å². The number of rotatable bonds is 2. The van der Waals surface area contributed by atoms with Gasteiger partial charge in [-0.15, -0.1) is 5.10 Å². The van der Waals surface area contributed by atoms with Crippen molar-refractivity contribution in [2.24, 2.45) is 0 Å². The molecule has 3 aromatic rings. The van der Waals surface area contributed by atoms with E-state index >= 15 is 0 Å². The van der Waals surface area contributed by atoms with Crippen molar-refractivity contribution in [3.05, 3.63) is 41.6 Å². The average Bonchev–Trinajstić information content (AvgIpc) is 3.21. The largest absolute Gasteiger partial charge is 0.311 e. The molecule has 2 heterocycles. The molecule has 20 heavy (non-hydrogen) atoms. The fourth-order valence-corrected chi connectivity index (χ4v) is 2.52. The summed E-state index contributed by atoms with van der Waals surface area (Å²) in [6, 6.07) is 5.10. The number of imidazole rings is 1. The summed E-state index contributed by atoms with van der Waals surface area (Å²) in [5.74, 6) is -0.433. The van der Waals surface area contributed by atoms with Crippen LogP contribution in [0.4, 0.5) is 4.39 Å². The summed E-state index contributed by atoms with van der Waals surface area (Å²) in [6.07, 6.45) is 5.74. The molecule has 0 N–H and O–H groups in total. The minimum Gasteiger partial charge on any atom is -0.311 e. The highest BCUT2D eigenvalue weighted by Gasteiger charge is 2.26. The maximum Gasteiger partial charge on any atom is 0.183 e. The number of aromatic nitrogens is 4. The maximum absolute atomic E-state index is 13.3. The predicted molar refractivity (Wildman–Crippen MR) is 74.0 cm³/mol. The van der Waals surface area contributed by atoms with Gasteiger partial charge >= 0.3 is 0 Å². The first-order valence-corrected chi connectivity index (χ1v) is 6.75. The molecule has 0 unspecified atom stereocenters. The van der Waals surface area contributed by atoms with Crippen molar-refractivity contribution in [2.45, 2.75) is 18.9 Å². The molecular formula is C14H10ClFN4. The highest BCUT2D eigenvalue weighted by Crippen LogP contribution is 2.38. The summed E-state index contributed by atoms with van der Waals surface area (Å²) in [7, 11) is 0. The van der Waals surface area contributed by atoms with Crippen LogP contribution >= 0.6 is 11.6 Å². The quantitative estimate of drug-likeness (QED) is 0.723. The summed E-state index contributed by atoms with van der Waals surface area (Å²) in [5, 5.41) is 8.30. The van der Waals surface area contributed by atoms with Crippen LogP contribution in [0.15, 0.2) is 30.7 Å². The molecule has 0 atom stereocenters. The lowest BCUT2D eigenvalue weighted by Crippen LogP contribution is -1.95. The van der Waals surface area contributed by atoms with Crippen LogP contribution < -0.4 is 0 Å². The van der Waals surface area contributed by atoms with Crippen LogP contribution in [0.2, 0.25) is 5.02 Å². The van der Waals surface area contributed by atoms with E-state index in [0.29, 0.717) is 6.04 Å². The second-order valence-corrected chi connectivity index (χ2v) is 5.35. The van der Waals surface area contributed by atoms with Crippen LogP contribution in [-0.2, 0) is 0 Å². The van der Waals surface area contributed by atoms with Crippen molar-refractivity contribution in [2.75, 3.05) is 0 Å². The van der Waals surface area contributed by atoms with Crippen LogP contribution in [-0.4, -0.2) is 19.7 Å². The third-order valence-corrected chi connectivity index (χ3v) is 3.82. The van der Waals surface area contributed by atoms with Gasteiger partial charge in [0.15, 0.2) is 5.65 Å². The smallest absolute Gasteiger partial charge is 0.183 e. The third kappa shape index (κ3) is 1.78. The van der Waals surface area contributed by atoms with Gasteiger partial charge in [0.05, 0.1) is 17.5 Å². The minimum atomic E-state index is -0.433. The molecule has 4 rings (SSSR count). The Morgan fingerprint density at radius 1 is 1.30 bits per heavy atom. The molecule has 2 aromatic heterocycles. The van der Waals surface area contributed by atoms with E-state index in [2.05, 4.69) is 19.7 Å². The van der Waals surface area contributed by atoms with E-state index in [4.69, 9.17) is 11.6 Å². The lowest BCUT2D eigenvalue weighted by atomic mass is 10.1. The maximum atomic E-state index is 13.3. The molecule has 0 aliphatic heterocycles. The first-order chi connectivity index (χ1) is 9.74. The first-order valence-electron chi connectivity index (χ1n) is 6.37. The van der Waals surface area contributed by atoms with Gasteiger partial charge in [-0.2, -0.15) is 5.10 Å². The molecular weight excluding hydrogens is 279 g/mol. The molecule has 0 bridgehead atoms. The SMILES string of the molecule is Fc1ccc(-c2cnnc3c2ncn3C2CC2)cc1Cl. The van der Waals surface area contributed by atoms with Crippen molar-refractivity contribution in [3.8, 4) is 11.1 Å². The highest BCUT2D eigenvalue weighted by atomic mass is 35.5. The Hall–Kier alpha value is -2.01. The molecule has 100 valence electrons. The zero-order valence-corrected chi connectivity index (χ0v) is 11.2. The Bertz CT molecular complexity index is 810. The molecule has 1 saturated carbocycles. The number of fused-ring (bicyclic) bond motifs is 1. The second kappa shape index (κ2) is 4.24. The van der Waals surface area contributed by atoms with Crippen molar-refractivity contribution in [1.29, 1.82) is 0 Å². The van der Waals surface area contributed by atoms with Gasteiger partial charge in [-0.1, -0.05) is 17.7 Å². The Balaban J connectivity index is 1.92. The fraction of sp³-hybridized carbons (Fsp3) is 0.214. The average molecular weight is 289 g/mol. The predicted octanol–water partition coefficient (Wildman–Crippen LogP) is 3.62. The topological polar surface area (TPSA) is 43.6 Å². The number of hydrogen-bond donors (Lipinski definition) is 0. The van der Waals surface area contributed by atoms with Crippen LogP contribution in [0.1, 0.15) is 18.9 Å². The molecule has 1 aliphatic rings. The van der Waals surface area contributed by atoms with Crippen molar-refractivity contribution in [3.63, 3.8) is 0 Å². The number of hydrogen-bond acceptors (Lipinski definition) is 3. The Morgan fingerprint density at radius 3 is 2.90 bits per heavy atom. The van der Waals surface area contributed by atoms with E-state index in [1.54, 1.807) is 24.7 Å². The third-order valence-electron chi connectivity index (χ3n) is 3.53. The molecule has 6 heteroatoms. The summed E-state index contributed by atoms with van der Waals surface area (Å²) in [4.78, 5) is 4.43. The Kier molecular flexibility index (Phi) is 2.50. The van der Waals surface area contributed by atoms with E-state index in [1.165, 1.54) is 6.07 Å². The Morgan fingerprint density at radius 2 is 2.15 bits per heavy atom. The van der Waals surface area contributed by atoms with E-state index < -0.39 is 5.82 Å². The van der Waals surface area contributed by atoms with E-state index in [9.17, 15) is 4.39 Å². The number of benzene rings is 1. The minimum absolute atomic E-state index is 0.0917. The molecule has 0 saturated heterocycles. The van der Waals surface area contributed by atoms with E-state index in [-0.39, 0.29) is 5.02 Å². The van der Waals surface area contributed by atoms with Crippen molar-refractivity contribution in [1.82, 2.24) is 19.7 Å². The van der Waals surface area contributed by atoms with Gasteiger partial charge in [-0.25, -0.2) is 9.37 Å². The van der Waals surface area contributed by atoms with Crippen LogP contribution in [0.3, 0.4) is 0 Å². The van der Waals surface area contributed by atoms with Gasteiger partial charge in [0.2, 0.25) is 0 Å². The summed E-state index contributed by atoms with van der Waals surface area (Å²) in [6.45, 7) is 0. The number of halogens is 2. The standard InChI is InChI=1S/C14H10ClFN4/c15-11-5-8(1-4-12(11)16)10-6-18-19-14-13(10)17-7-20(14)9-2-3-9/h1,4-7,9H,2-3H2. The highest BCUT2D eigenvalue weighted by molar-refractivity contribution is 6.31. The van der Waals surface area contributed by atoms with Gasteiger partial charge in [0.25, 0.3) is 0 Å². The van der Waals surface area contributed by atoms with Crippen LogP contribution in [0.5, 0.6) is 0 Å². The van der Waals surface area contributed by atoms with Crippen molar-refractivity contribution >= 4 is 22.8 Å². The molecule has 1 aliphatic carbocycles. The fourth-order valence-electron chi connectivity index (χ4n) is 2.34. The van der Waals surface area contributed by atoms with E-state index in [0.717, 1.165) is 35.1 Å². The normalized spacial score (nSPS) is 14.9. The zero-order valence-electron chi connectivity index (χ0n) is 10.4. The van der Waals surface area contributed by atoms with Crippen molar-refractivity contribution < 1.29 is 4.39 Å². The van der Waals surface area contributed by atoms with Gasteiger partial charge in [-0.3, -0.25) is 0 Å². The Labute approximate surface area is 119 Å². The van der Waals surface area contributed by atoms with Crippen LogP contribution in [0.25, 0.3) is 22.3 Å². The molecule has 4 nitrogen and oxygen atoms in total. The lowest BCUT2D eigenvalue weighted by Gasteiger charge is -2.04. The molecule has 0 amide bonds. The summed E-state index contributed by atoms with van der Waals surface area (Å²) in [5.41, 5.74) is 3.15. The zero-order chi connectivity index (χ0) is 13.7. The molecule has 0 spiro atoms. The van der Waals surface area contributed by atoms with Gasteiger partial charge in [0, 0.05) is 11.6 Å². The van der Waals surface area contributed by atoms with Gasteiger partial charge < -0.3 is 4.57 Å². The monoisotopic (exact) mass is 288 g/mol. The number of nitrogens with zero attached hydrogens (tertiary/aromatic N) is 4. The second-order valence-electron chi connectivity index (χ2n) is 4.94. The van der Waals surface area contributed by atoms with Gasteiger partial charge in [-0.05, 0) is 30.5 Å². The lowest BCUT2D eigenvalue weighted by molar-refractivity contribution is 0.628. The van der Waals surface area contributed by atoms with Gasteiger partial charge in [0.1, 0.15) is 11.3 Å². The molecule has 1 fully saturated rings. The summed E-state index contributed by atoms with van der Waals surface area (Å²) < 4.78 is 15.3. The first kappa shape index (κ1) is 11.8. The summed E-state index contributed by atoms with van der Waals surface area (Å²) >= 11 is 5.84.